The molecule has 3 rings (SSSR count). The van der Waals surface area contributed by atoms with Crippen molar-refractivity contribution < 1.29 is 18.7 Å². The van der Waals surface area contributed by atoms with Gasteiger partial charge < -0.3 is 10.1 Å². The number of rotatable bonds is 4. The van der Waals surface area contributed by atoms with E-state index in [4.69, 9.17) is 4.74 Å². The van der Waals surface area contributed by atoms with Gasteiger partial charge in [-0.3, -0.25) is 9.69 Å². The first-order valence-electron chi connectivity index (χ1n) is 8.59. The van der Waals surface area contributed by atoms with Crippen molar-refractivity contribution in [1.29, 1.82) is 0 Å². The summed E-state index contributed by atoms with van der Waals surface area (Å²) in [5, 5.41) is 2.68. The first-order valence-corrected chi connectivity index (χ1v) is 8.59. The van der Waals surface area contributed by atoms with Crippen molar-refractivity contribution in [2.45, 2.75) is 32.4 Å². The Bertz CT molecular complexity index is 795. The first-order chi connectivity index (χ1) is 12.5. The number of ether oxygens (including phenoxy) is 1. The molecule has 1 saturated heterocycles. The van der Waals surface area contributed by atoms with Crippen LogP contribution in [0.4, 0.5) is 14.9 Å². The van der Waals surface area contributed by atoms with Crippen LogP contribution in [0.5, 0.6) is 0 Å². The molecule has 2 aromatic carbocycles. The summed E-state index contributed by atoms with van der Waals surface area (Å²) >= 11 is 0. The van der Waals surface area contributed by atoms with Crippen LogP contribution in [0.2, 0.25) is 0 Å². The van der Waals surface area contributed by atoms with Crippen LogP contribution in [0.1, 0.15) is 24.0 Å². The van der Waals surface area contributed by atoms with Gasteiger partial charge in [0.2, 0.25) is 5.91 Å². The Morgan fingerprint density at radius 3 is 2.73 bits per heavy atom. The standard InChI is InChI=1S/C20H21FN2O3/c1-14-9-10-16(12-17(14)21)22-19(24)18-8-5-11-23(18)20(25)26-13-15-6-3-2-4-7-15/h2-4,6-7,9-10,12,18H,5,8,11,13H2,1H3,(H,22,24)/t18-/m0/s1. The van der Waals surface area contributed by atoms with Crippen molar-refractivity contribution in [2.75, 3.05) is 11.9 Å². The molecule has 0 bridgehead atoms. The summed E-state index contributed by atoms with van der Waals surface area (Å²) in [7, 11) is 0. The molecule has 0 aromatic heterocycles. The highest BCUT2D eigenvalue weighted by atomic mass is 19.1. The highest BCUT2D eigenvalue weighted by Gasteiger charge is 2.35. The number of nitrogens with zero attached hydrogens (tertiary/aromatic N) is 1. The van der Waals surface area contributed by atoms with Gasteiger partial charge >= 0.3 is 6.09 Å². The fraction of sp³-hybridized carbons (Fsp3) is 0.300. The summed E-state index contributed by atoms with van der Waals surface area (Å²) in [5.74, 6) is -0.712. The number of aryl methyl sites for hydroxylation is 1. The quantitative estimate of drug-likeness (QED) is 0.905. The van der Waals surface area contributed by atoms with E-state index < -0.39 is 12.1 Å². The third-order valence-electron chi connectivity index (χ3n) is 4.43. The number of nitrogens with one attached hydrogen (secondary N) is 1. The maximum atomic E-state index is 13.6. The highest BCUT2D eigenvalue weighted by molar-refractivity contribution is 5.96. The second kappa shape index (κ2) is 7.99. The molecule has 1 aliphatic rings. The van der Waals surface area contributed by atoms with E-state index in [9.17, 15) is 14.0 Å². The lowest BCUT2D eigenvalue weighted by atomic mass is 10.2. The number of hydrogen-bond donors (Lipinski definition) is 1. The van der Waals surface area contributed by atoms with Crippen molar-refractivity contribution in [3.05, 3.63) is 65.5 Å². The van der Waals surface area contributed by atoms with Gasteiger partial charge in [0.1, 0.15) is 18.5 Å². The lowest BCUT2D eigenvalue weighted by Gasteiger charge is -2.23. The molecule has 1 fully saturated rings. The SMILES string of the molecule is Cc1ccc(NC(=O)[C@@H]2CCCN2C(=O)OCc2ccccc2)cc1F. The normalized spacial score (nSPS) is 16.4. The predicted molar refractivity (Wildman–Crippen MR) is 96.1 cm³/mol. The molecule has 0 radical (unpaired) electrons. The average molecular weight is 356 g/mol. The molecule has 136 valence electrons. The van der Waals surface area contributed by atoms with Gasteiger partial charge in [-0.2, -0.15) is 0 Å². The van der Waals surface area contributed by atoms with Crippen molar-refractivity contribution in [2.24, 2.45) is 0 Å². The second-order valence-electron chi connectivity index (χ2n) is 6.34. The van der Waals surface area contributed by atoms with Crippen LogP contribution in [-0.2, 0) is 16.1 Å². The molecular weight excluding hydrogens is 335 g/mol. The molecule has 26 heavy (non-hydrogen) atoms. The zero-order valence-corrected chi connectivity index (χ0v) is 14.6. The number of halogens is 1. The molecule has 1 aliphatic heterocycles. The third kappa shape index (κ3) is 4.20. The second-order valence-corrected chi connectivity index (χ2v) is 6.34. The summed E-state index contributed by atoms with van der Waals surface area (Å²) in [4.78, 5) is 26.3. The fourth-order valence-corrected chi connectivity index (χ4v) is 2.96. The van der Waals surface area contributed by atoms with Gasteiger partial charge in [-0.1, -0.05) is 36.4 Å². The lowest BCUT2D eigenvalue weighted by molar-refractivity contribution is -0.120. The molecule has 2 amide bonds. The molecule has 1 heterocycles. The Kier molecular flexibility index (Phi) is 5.51. The Morgan fingerprint density at radius 2 is 2.00 bits per heavy atom. The smallest absolute Gasteiger partial charge is 0.410 e. The van der Waals surface area contributed by atoms with Gasteiger partial charge in [-0.25, -0.2) is 9.18 Å². The summed E-state index contributed by atoms with van der Waals surface area (Å²) in [6.45, 7) is 2.28. The molecule has 2 aromatic rings. The van der Waals surface area contributed by atoms with Gasteiger partial charge in [-0.15, -0.1) is 0 Å². The zero-order valence-electron chi connectivity index (χ0n) is 14.6. The van der Waals surface area contributed by atoms with Crippen LogP contribution >= 0.6 is 0 Å². The van der Waals surface area contributed by atoms with Gasteiger partial charge in [0.15, 0.2) is 0 Å². The monoisotopic (exact) mass is 356 g/mol. The molecule has 0 saturated carbocycles. The van der Waals surface area contributed by atoms with Crippen LogP contribution in [-0.4, -0.2) is 29.5 Å². The van der Waals surface area contributed by atoms with E-state index in [0.29, 0.717) is 24.2 Å². The minimum atomic E-state index is -0.609. The Balaban J connectivity index is 1.60. The van der Waals surface area contributed by atoms with Crippen LogP contribution in [0.3, 0.4) is 0 Å². The summed E-state index contributed by atoms with van der Waals surface area (Å²) in [6.07, 6.45) is 0.767. The topological polar surface area (TPSA) is 58.6 Å². The van der Waals surface area contributed by atoms with E-state index in [2.05, 4.69) is 5.32 Å². The minimum absolute atomic E-state index is 0.160. The Hall–Kier alpha value is -2.89. The summed E-state index contributed by atoms with van der Waals surface area (Å²) in [5.41, 5.74) is 1.77. The van der Waals surface area contributed by atoms with Crippen LogP contribution < -0.4 is 5.32 Å². The summed E-state index contributed by atoms with van der Waals surface area (Å²) in [6, 6.07) is 13.3. The largest absolute Gasteiger partial charge is 0.445 e. The fourth-order valence-electron chi connectivity index (χ4n) is 2.96. The maximum absolute atomic E-state index is 13.6. The zero-order chi connectivity index (χ0) is 18.5. The van der Waals surface area contributed by atoms with Gasteiger partial charge in [0.25, 0.3) is 0 Å². The first kappa shape index (κ1) is 17.9. The minimum Gasteiger partial charge on any atom is -0.445 e. The Labute approximate surface area is 151 Å². The van der Waals surface area contributed by atoms with Crippen molar-refractivity contribution in [1.82, 2.24) is 4.90 Å². The molecule has 1 N–H and O–H groups in total. The molecule has 1 atom stereocenters. The number of carbonyl (C=O) groups is 2. The van der Waals surface area contributed by atoms with Gasteiger partial charge in [0.05, 0.1) is 0 Å². The highest BCUT2D eigenvalue weighted by Crippen LogP contribution is 2.21. The number of benzene rings is 2. The number of likely N-dealkylation sites (tertiary alicyclic amines) is 1. The van der Waals surface area contributed by atoms with Crippen LogP contribution in [0, 0.1) is 12.7 Å². The molecular formula is C20H21FN2O3. The number of hydrogen-bond acceptors (Lipinski definition) is 3. The van der Waals surface area contributed by atoms with E-state index >= 15 is 0 Å². The Morgan fingerprint density at radius 1 is 1.23 bits per heavy atom. The lowest BCUT2D eigenvalue weighted by Crippen LogP contribution is -2.43. The van der Waals surface area contributed by atoms with E-state index in [1.807, 2.05) is 30.3 Å². The molecule has 0 unspecified atom stereocenters. The van der Waals surface area contributed by atoms with Crippen molar-refractivity contribution in [3.63, 3.8) is 0 Å². The van der Waals surface area contributed by atoms with Gasteiger partial charge in [0, 0.05) is 12.2 Å². The van der Waals surface area contributed by atoms with Gasteiger partial charge in [-0.05, 0) is 43.0 Å². The van der Waals surface area contributed by atoms with E-state index in [0.717, 1.165) is 12.0 Å². The van der Waals surface area contributed by atoms with Crippen LogP contribution in [0.15, 0.2) is 48.5 Å². The molecule has 0 aliphatic carbocycles. The summed E-state index contributed by atoms with van der Waals surface area (Å²) < 4.78 is 19.0. The molecule has 0 spiro atoms. The van der Waals surface area contributed by atoms with E-state index in [1.54, 1.807) is 19.1 Å². The maximum Gasteiger partial charge on any atom is 0.410 e. The predicted octanol–water partition coefficient (Wildman–Crippen LogP) is 3.87. The number of anilines is 1. The van der Waals surface area contributed by atoms with E-state index in [-0.39, 0.29) is 18.3 Å². The average Bonchev–Trinajstić information content (AvgIpc) is 3.14. The number of carbonyl (C=O) groups excluding carboxylic acids is 2. The van der Waals surface area contributed by atoms with Crippen molar-refractivity contribution in [3.8, 4) is 0 Å². The molecule has 6 heteroatoms. The van der Waals surface area contributed by atoms with Crippen LogP contribution in [0.25, 0.3) is 0 Å². The molecule has 5 nitrogen and oxygen atoms in total. The third-order valence-corrected chi connectivity index (χ3v) is 4.43. The van der Waals surface area contributed by atoms with E-state index in [1.165, 1.54) is 11.0 Å². The van der Waals surface area contributed by atoms with Crippen molar-refractivity contribution >= 4 is 17.7 Å². The number of amides is 2.